The van der Waals surface area contributed by atoms with E-state index in [9.17, 15) is 5.11 Å². The molecule has 1 N–H and O–H groups in total. The number of aromatic nitrogens is 1. The van der Waals surface area contributed by atoms with Gasteiger partial charge in [0.1, 0.15) is 0 Å². The van der Waals surface area contributed by atoms with Crippen molar-refractivity contribution in [1.29, 1.82) is 0 Å². The van der Waals surface area contributed by atoms with Gasteiger partial charge in [0.05, 0.1) is 17.3 Å². The van der Waals surface area contributed by atoms with Crippen molar-refractivity contribution >= 4 is 23.1 Å². The molecule has 0 bridgehead atoms. The van der Waals surface area contributed by atoms with Crippen molar-refractivity contribution in [2.75, 3.05) is 0 Å². The summed E-state index contributed by atoms with van der Waals surface area (Å²) in [7, 11) is 0. The Balaban J connectivity index is 2.65. The molecule has 18 heavy (non-hydrogen) atoms. The number of hydrogen-bond donors (Lipinski definition) is 1. The zero-order chi connectivity index (χ0) is 13.3. The normalized spacial score (nSPS) is 11.2. The highest BCUT2D eigenvalue weighted by atomic mass is 35.5. The van der Waals surface area contributed by atoms with E-state index in [2.05, 4.69) is 18.2 Å². The molecule has 0 radical (unpaired) electrons. The number of aliphatic hydroxyl groups excluding tert-OH is 1. The molecule has 0 saturated heterocycles. The minimum atomic E-state index is 0.00398. The van der Waals surface area contributed by atoms with E-state index in [0.29, 0.717) is 10.9 Å². The largest absolute Gasteiger partial charge is 0.392 e. The lowest BCUT2D eigenvalue weighted by Crippen LogP contribution is -1.95. The first-order valence-corrected chi connectivity index (χ1v) is 7.06. The minimum Gasteiger partial charge on any atom is -0.392 e. The smallest absolute Gasteiger partial charge is 0.0916 e. The van der Waals surface area contributed by atoms with Gasteiger partial charge in [-0.05, 0) is 36.0 Å². The van der Waals surface area contributed by atoms with Gasteiger partial charge in [-0.3, -0.25) is 0 Å². The Bertz CT molecular complexity index is 543. The van der Waals surface area contributed by atoms with Gasteiger partial charge in [-0.15, -0.1) is 0 Å². The number of aliphatic hydroxyl groups is 1. The zero-order valence-corrected chi connectivity index (χ0v) is 12.3. The van der Waals surface area contributed by atoms with Gasteiger partial charge in [0.2, 0.25) is 0 Å². The van der Waals surface area contributed by atoms with E-state index in [-0.39, 0.29) is 6.61 Å². The van der Waals surface area contributed by atoms with Crippen LogP contribution in [0, 0.1) is 6.92 Å². The summed E-state index contributed by atoms with van der Waals surface area (Å²) in [5.74, 6) is 0.362. The fourth-order valence-corrected chi connectivity index (χ4v) is 3.24. The summed E-state index contributed by atoms with van der Waals surface area (Å²) >= 11 is 7.72. The second kappa shape index (κ2) is 5.39. The van der Waals surface area contributed by atoms with Crippen LogP contribution < -0.4 is 0 Å². The van der Waals surface area contributed by atoms with E-state index in [1.165, 1.54) is 11.5 Å². The maximum atomic E-state index is 9.60. The first kappa shape index (κ1) is 13.5. The predicted octanol–water partition coefficient (Wildman–Crippen LogP) is 4.39. The van der Waals surface area contributed by atoms with Crippen LogP contribution in [0.25, 0.3) is 11.3 Å². The molecule has 0 atom stereocenters. The third kappa shape index (κ3) is 2.30. The molecular weight excluding hydrogens is 266 g/mol. The number of halogens is 1. The second-order valence-electron chi connectivity index (χ2n) is 4.62. The molecule has 2 rings (SSSR count). The summed E-state index contributed by atoms with van der Waals surface area (Å²) in [6.45, 7) is 6.23. The highest BCUT2D eigenvalue weighted by molar-refractivity contribution is 7.06. The van der Waals surface area contributed by atoms with Gasteiger partial charge in [0.25, 0.3) is 0 Å². The summed E-state index contributed by atoms with van der Waals surface area (Å²) in [6.07, 6.45) is 0. The second-order valence-corrected chi connectivity index (χ2v) is 5.83. The van der Waals surface area contributed by atoms with Crippen LogP contribution in [0.4, 0.5) is 0 Å². The van der Waals surface area contributed by atoms with E-state index in [0.717, 1.165) is 27.3 Å². The lowest BCUT2D eigenvalue weighted by atomic mass is 9.99. The van der Waals surface area contributed by atoms with Crippen molar-refractivity contribution in [1.82, 2.24) is 4.37 Å². The number of rotatable bonds is 3. The average Bonchev–Trinajstić information content (AvgIpc) is 2.72. The number of nitrogens with zero attached hydrogens (tertiary/aromatic N) is 1. The molecular formula is C14H16ClNOS. The third-order valence-corrected chi connectivity index (χ3v) is 4.46. The molecule has 0 aliphatic rings. The van der Waals surface area contributed by atoms with Gasteiger partial charge in [0.15, 0.2) is 0 Å². The lowest BCUT2D eigenvalue weighted by molar-refractivity contribution is 0.281. The molecule has 0 amide bonds. The van der Waals surface area contributed by atoms with Crippen molar-refractivity contribution in [2.24, 2.45) is 0 Å². The van der Waals surface area contributed by atoms with Crippen molar-refractivity contribution in [2.45, 2.75) is 33.3 Å². The third-order valence-electron chi connectivity index (χ3n) is 2.96. The maximum absolute atomic E-state index is 9.60. The Morgan fingerprint density at radius 2 is 2.11 bits per heavy atom. The van der Waals surface area contributed by atoms with Crippen LogP contribution in [0.3, 0.4) is 0 Å². The summed E-state index contributed by atoms with van der Waals surface area (Å²) in [5.41, 5.74) is 3.75. The van der Waals surface area contributed by atoms with Crippen LogP contribution in [-0.4, -0.2) is 9.48 Å². The fourth-order valence-electron chi connectivity index (χ4n) is 2.06. The molecule has 0 unspecified atom stereocenters. The fraction of sp³-hybridized carbons (Fsp3) is 0.357. The van der Waals surface area contributed by atoms with Crippen LogP contribution in [0.1, 0.15) is 35.8 Å². The number of aryl methyl sites for hydroxylation is 1. The molecule has 0 saturated carbocycles. The lowest BCUT2D eigenvalue weighted by Gasteiger charge is -2.09. The summed E-state index contributed by atoms with van der Waals surface area (Å²) < 4.78 is 4.50. The van der Waals surface area contributed by atoms with E-state index in [1.807, 2.05) is 25.1 Å². The molecule has 96 valence electrons. The first-order valence-electron chi connectivity index (χ1n) is 5.91. The molecule has 0 fully saturated rings. The molecule has 2 nitrogen and oxygen atoms in total. The summed E-state index contributed by atoms with van der Waals surface area (Å²) in [6, 6.07) is 5.80. The molecule has 1 aromatic heterocycles. The Morgan fingerprint density at radius 1 is 1.39 bits per heavy atom. The van der Waals surface area contributed by atoms with Crippen LogP contribution in [0.2, 0.25) is 5.02 Å². The van der Waals surface area contributed by atoms with Crippen molar-refractivity contribution < 1.29 is 5.11 Å². The van der Waals surface area contributed by atoms with Gasteiger partial charge in [0, 0.05) is 16.0 Å². The van der Waals surface area contributed by atoms with Gasteiger partial charge < -0.3 is 5.11 Å². The highest BCUT2D eigenvalue weighted by Crippen LogP contribution is 2.37. The van der Waals surface area contributed by atoms with Crippen LogP contribution >= 0.6 is 23.1 Å². The zero-order valence-electron chi connectivity index (χ0n) is 10.7. The topological polar surface area (TPSA) is 33.1 Å². The Kier molecular flexibility index (Phi) is 4.05. The number of hydrogen-bond acceptors (Lipinski definition) is 3. The first-order chi connectivity index (χ1) is 8.56. The Labute approximate surface area is 116 Å². The van der Waals surface area contributed by atoms with Gasteiger partial charge in [-0.2, -0.15) is 4.37 Å². The molecule has 1 heterocycles. The Morgan fingerprint density at radius 3 is 2.67 bits per heavy atom. The predicted molar refractivity (Wildman–Crippen MR) is 77.3 cm³/mol. The minimum absolute atomic E-state index is 0.00398. The van der Waals surface area contributed by atoms with Crippen LogP contribution in [0.5, 0.6) is 0 Å². The quantitative estimate of drug-likeness (QED) is 0.905. The van der Waals surface area contributed by atoms with Gasteiger partial charge in [-0.25, -0.2) is 0 Å². The van der Waals surface area contributed by atoms with E-state index >= 15 is 0 Å². The van der Waals surface area contributed by atoms with Crippen molar-refractivity contribution in [3.8, 4) is 11.3 Å². The summed E-state index contributed by atoms with van der Waals surface area (Å²) in [5, 5.41) is 10.3. The standard InChI is InChI=1S/C14H16ClNOS/c1-8(2)14-10(7-17)13(16-18-14)12-9(3)5-4-6-11(12)15/h4-6,8,17H,7H2,1-3H3. The Hall–Kier alpha value is -0.900. The molecule has 0 aliphatic carbocycles. The SMILES string of the molecule is Cc1cccc(Cl)c1-c1nsc(C(C)C)c1CO. The van der Waals surface area contributed by atoms with Gasteiger partial charge >= 0.3 is 0 Å². The van der Waals surface area contributed by atoms with Gasteiger partial charge in [-0.1, -0.05) is 37.6 Å². The van der Waals surface area contributed by atoms with Crippen molar-refractivity contribution in [3.05, 3.63) is 39.2 Å². The number of benzene rings is 1. The average molecular weight is 282 g/mol. The molecule has 4 heteroatoms. The molecule has 2 aromatic rings. The maximum Gasteiger partial charge on any atom is 0.0916 e. The van der Waals surface area contributed by atoms with E-state index in [1.54, 1.807) is 0 Å². The monoisotopic (exact) mass is 281 g/mol. The summed E-state index contributed by atoms with van der Waals surface area (Å²) in [4.78, 5) is 1.13. The molecule has 0 aliphatic heterocycles. The molecule has 0 spiro atoms. The van der Waals surface area contributed by atoms with Crippen molar-refractivity contribution in [3.63, 3.8) is 0 Å². The van der Waals surface area contributed by atoms with E-state index < -0.39 is 0 Å². The molecule has 1 aromatic carbocycles. The van der Waals surface area contributed by atoms with E-state index in [4.69, 9.17) is 11.6 Å². The van der Waals surface area contributed by atoms with Crippen LogP contribution in [0.15, 0.2) is 18.2 Å². The highest BCUT2D eigenvalue weighted by Gasteiger charge is 2.19. The van der Waals surface area contributed by atoms with Crippen LogP contribution in [-0.2, 0) is 6.61 Å².